The maximum atomic E-state index is 11.8. The van der Waals surface area contributed by atoms with Crippen molar-refractivity contribution >= 4 is 5.91 Å². The van der Waals surface area contributed by atoms with Crippen LogP contribution in [0.5, 0.6) is 0 Å². The topological polar surface area (TPSA) is 71.5 Å². The standard InChI is InChI=1S/C14H18N2O3/c1-19-8-3-2-6-16-14(18)13-9-12(5-4-7-17)10-15-11-13/h9-11,17H,2-3,6-8H2,1H3,(H,16,18). The van der Waals surface area contributed by atoms with Crippen LogP contribution < -0.4 is 5.32 Å². The van der Waals surface area contributed by atoms with Crippen LogP contribution in [0.4, 0.5) is 0 Å². The molecule has 0 fully saturated rings. The molecule has 0 bridgehead atoms. The smallest absolute Gasteiger partial charge is 0.252 e. The molecule has 0 spiro atoms. The second kappa shape index (κ2) is 9.09. The van der Waals surface area contributed by atoms with Gasteiger partial charge in [0, 0.05) is 38.2 Å². The zero-order chi connectivity index (χ0) is 13.9. The number of carbonyl (C=O) groups excluding carboxylic acids is 1. The van der Waals surface area contributed by atoms with E-state index in [4.69, 9.17) is 9.84 Å². The summed E-state index contributed by atoms with van der Waals surface area (Å²) in [5.74, 6) is 5.06. The fraction of sp³-hybridized carbons (Fsp3) is 0.429. The Bertz CT molecular complexity index is 463. The minimum atomic E-state index is -0.212. The van der Waals surface area contributed by atoms with Crippen molar-refractivity contribution in [1.29, 1.82) is 0 Å². The van der Waals surface area contributed by atoms with Gasteiger partial charge < -0.3 is 15.2 Å². The first kappa shape index (κ1) is 15.2. The number of methoxy groups -OCH3 is 1. The average molecular weight is 262 g/mol. The van der Waals surface area contributed by atoms with E-state index in [1.165, 1.54) is 6.20 Å². The van der Waals surface area contributed by atoms with Gasteiger partial charge >= 0.3 is 0 Å². The number of hydrogen-bond donors (Lipinski definition) is 2. The van der Waals surface area contributed by atoms with Gasteiger partial charge in [0.2, 0.25) is 0 Å². The number of nitrogens with one attached hydrogen (secondary N) is 1. The highest BCUT2D eigenvalue weighted by molar-refractivity contribution is 5.94. The molecule has 0 unspecified atom stereocenters. The monoisotopic (exact) mass is 262 g/mol. The molecule has 1 aromatic heterocycles. The van der Waals surface area contributed by atoms with Gasteiger partial charge in [0.15, 0.2) is 0 Å². The molecule has 0 aliphatic carbocycles. The number of aliphatic hydroxyl groups is 1. The minimum Gasteiger partial charge on any atom is -0.385 e. The lowest BCUT2D eigenvalue weighted by atomic mass is 10.2. The van der Waals surface area contributed by atoms with E-state index in [1.807, 2.05) is 0 Å². The number of amides is 1. The SMILES string of the molecule is COCCCCNC(=O)c1cncc(C#CCO)c1. The van der Waals surface area contributed by atoms with E-state index >= 15 is 0 Å². The van der Waals surface area contributed by atoms with Crippen LogP contribution in [0.15, 0.2) is 18.5 Å². The Balaban J connectivity index is 2.48. The molecule has 1 aromatic rings. The van der Waals surface area contributed by atoms with Crippen LogP contribution in [0.3, 0.4) is 0 Å². The maximum absolute atomic E-state index is 11.8. The molecule has 0 atom stereocenters. The summed E-state index contributed by atoms with van der Waals surface area (Å²) in [7, 11) is 1.66. The Morgan fingerprint density at radius 2 is 2.32 bits per heavy atom. The third-order valence-electron chi connectivity index (χ3n) is 2.37. The average Bonchev–Trinajstić information content (AvgIpc) is 2.45. The Morgan fingerprint density at radius 1 is 1.47 bits per heavy atom. The molecule has 1 rings (SSSR count). The summed E-state index contributed by atoms with van der Waals surface area (Å²) in [5.41, 5.74) is 1.08. The molecular formula is C14H18N2O3. The summed E-state index contributed by atoms with van der Waals surface area (Å²) in [6.07, 6.45) is 4.83. The van der Waals surface area contributed by atoms with Gasteiger partial charge in [-0.2, -0.15) is 0 Å². The van der Waals surface area contributed by atoms with E-state index < -0.39 is 0 Å². The second-order valence-corrected chi connectivity index (χ2v) is 3.88. The first-order valence-corrected chi connectivity index (χ1v) is 6.10. The van der Waals surface area contributed by atoms with Crippen LogP contribution in [-0.4, -0.2) is 42.9 Å². The highest BCUT2D eigenvalue weighted by Crippen LogP contribution is 2.01. The molecule has 2 N–H and O–H groups in total. The molecule has 0 aliphatic rings. The fourth-order valence-electron chi connectivity index (χ4n) is 1.45. The normalized spacial score (nSPS) is 9.58. The van der Waals surface area contributed by atoms with Crippen molar-refractivity contribution in [3.63, 3.8) is 0 Å². The minimum absolute atomic E-state index is 0.169. The number of rotatable bonds is 6. The van der Waals surface area contributed by atoms with Crippen LogP contribution in [-0.2, 0) is 4.74 Å². The van der Waals surface area contributed by atoms with Gasteiger partial charge in [-0.3, -0.25) is 9.78 Å². The molecule has 19 heavy (non-hydrogen) atoms. The van der Waals surface area contributed by atoms with E-state index in [2.05, 4.69) is 22.1 Å². The summed E-state index contributed by atoms with van der Waals surface area (Å²) < 4.78 is 4.93. The van der Waals surface area contributed by atoms with Crippen LogP contribution >= 0.6 is 0 Å². The summed E-state index contributed by atoms with van der Waals surface area (Å²) in [4.78, 5) is 15.8. The number of unbranched alkanes of at least 4 members (excludes halogenated alkanes) is 1. The molecule has 0 aliphatic heterocycles. The van der Waals surface area contributed by atoms with Gasteiger partial charge in [0.05, 0.1) is 5.56 Å². The lowest BCUT2D eigenvalue weighted by Gasteiger charge is -2.05. The van der Waals surface area contributed by atoms with Crippen LogP contribution in [0.2, 0.25) is 0 Å². The van der Waals surface area contributed by atoms with E-state index in [-0.39, 0.29) is 12.5 Å². The summed E-state index contributed by atoms with van der Waals surface area (Å²) >= 11 is 0. The molecule has 5 nitrogen and oxygen atoms in total. The van der Waals surface area contributed by atoms with Crippen LogP contribution in [0.25, 0.3) is 0 Å². The third-order valence-corrected chi connectivity index (χ3v) is 2.37. The van der Waals surface area contributed by atoms with Crippen LogP contribution in [0, 0.1) is 11.8 Å². The van der Waals surface area contributed by atoms with Gasteiger partial charge in [0.1, 0.15) is 6.61 Å². The second-order valence-electron chi connectivity index (χ2n) is 3.88. The molecule has 5 heteroatoms. The molecule has 0 radical (unpaired) electrons. The predicted molar refractivity (Wildman–Crippen MR) is 71.6 cm³/mol. The molecule has 1 amide bonds. The number of nitrogens with zero attached hydrogens (tertiary/aromatic N) is 1. The quantitative estimate of drug-likeness (QED) is 0.581. The Hall–Kier alpha value is -1.90. The lowest BCUT2D eigenvalue weighted by Crippen LogP contribution is -2.24. The fourth-order valence-corrected chi connectivity index (χ4v) is 1.45. The zero-order valence-corrected chi connectivity index (χ0v) is 11.0. The molecule has 102 valence electrons. The number of aromatic nitrogens is 1. The van der Waals surface area contributed by atoms with E-state index in [0.29, 0.717) is 24.3 Å². The van der Waals surface area contributed by atoms with E-state index in [9.17, 15) is 4.79 Å². The van der Waals surface area contributed by atoms with Gasteiger partial charge in [-0.1, -0.05) is 11.8 Å². The van der Waals surface area contributed by atoms with Crippen molar-refractivity contribution in [2.45, 2.75) is 12.8 Å². The molecule has 0 saturated carbocycles. The largest absolute Gasteiger partial charge is 0.385 e. The van der Waals surface area contributed by atoms with Gasteiger partial charge in [-0.05, 0) is 18.9 Å². The third kappa shape index (κ3) is 6.00. The number of pyridine rings is 1. The first-order valence-electron chi connectivity index (χ1n) is 6.10. The molecule has 1 heterocycles. The van der Waals surface area contributed by atoms with Crippen molar-refractivity contribution in [3.05, 3.63) is 29.6 Å². The number of carbonyl (C=O) groups is 1. The number of ether oxygens (including phenoxy) is 1. The highest BCUT2D eigenvalue weighted by atomic mass is 16.5. The van der Waals surface area contributed by atoms with Crippen molar-refractivity contribution in [1.82, 2.24) is 10.3 Å². The van der Waals surface area contributed by atoms with Crippen molar-refractivity contribution < 1.29 is 14.6 Å². The maximum Gasteiger partial charge on any atom is 0.252 e. The number of aliphatic hydroxyl groups excluding tert-OH is 1. The Kier molecular flexibility index (Phi) is 7.25. The van der Waals surface area contributed by atoms with Crippen molar-refractivity contribution in [2.75, 3.05) is 26.9 Å². The highest BCUT2D eigenvalue weighted by Gasteiger charge is 2.05. The molecular weight excluding hydrogens is 244 g/mol. The zero-order valence-electron chi connectivity index (χ0n) is 11.0. The van der Waals surface area contributed by atoms with E-state index in [0.717, 1.165) is 12.8 Å². The lowest BCUT2D eigenvalue weighted by molar-refractivity contribution is 0.0951. The summed E-state index contributed by atoms with van der Waals surface area (Å²) in [6, 6.07) is 1.65. The van der Waals surface area contributed by atoms with E-state index in [1.54, 1.807) is 19.4 Å². The Labute approximate surface area is 113 Å². The van der Waals surface area contributed by atoms with Crippen molar-refractivity contribution in [2.24, 2.45) is 0 Å². The summed E-state index contributed by atoms with van der Waals surface area (Å²) in [6.45, 7) is 1.09. The molecule has 0 saturated heterocycles. The van der Waals surface area contributed by atoms with Gasteiger partial charge in [-0.25, -0.2) is 0 Å². The van der Waals surface area contributed by atoms with Gasteiger partial charge in [-0.15, -0.1) is 0 Å². The Morgan fingerprint density at radius 3 is 3.05 bits per heavy atom. The van der Waals surface area contributed by atoms with Gasteiger partial charge in [0.25, 0.3) is 5.91 Å². The molecule has 0 aromatic carbocycles. The first-order chi connectivity index (χ1) is 9.27. The predicted octanol–water partition coefficient (Wildman–Crippen LogP) is 0.582. The van der Waals surface area contributed by atoms with Crippen molar-refractivity contribution in [3.8, 4) is 11.8 Å². The number of hydrogen-bond acceptors (Lipinski definition) is 4. The van der Waals surface area contributed by atoms with Crippen LogP contribution in [0.1, 0.15) is 28.8 Å². The summed E-state index contributed by atoms with van der Waals surface area (Å²) in [5, 5.41) is 11.4.